The van der Waals surface area contributed by atoms with E-state index in [1.807, 2.05) is 0 Å². The van der Waals surface area contributed by atoms with Crippen LogP contribution in [-0.2, 0) is 23.7 Å². The molecule has 0 radical (unpaired) electrons. The fourth-order valence-corrected chi connectivity index (χ4v) is 2.76. The summed E-state index contributed by atoms with van der Waals surface area (Å²) < 4.78 is 36.1. The summed E-state index contributed by atoms with van der Waals surface area (Å²) in [6.45, 7) is 5.73. The van der Waals surface area contributed by atoms with E-state index in [9.17, 15) is 5.11 Å². The highest BCUT2D eigenvalue weighted by atomic mass is 16.9. The first kappa shape index (κ1) is 11.6. The van der Waals surface area contributed by atoms with E-state index in [1.165, 1.54) is 0 Å². The van der Waals surface area contributed by atoms with Gasteiger partial charge in [0.15, 0.2) is 17.9 Å². The monoisotopic (exact) mass is 261 g/mol. The van der Waals surface area contributed by atoms with Gasteiger partial charge in [0.25, 0.3) is 0 Å². The van der Waals surface area contributed by atoms with E-state index < -0.39 is 48.9 Å². The molecule has 3 aliphatic heterocycles. The molecule has 0 aliphatic carbocycles. The second-order valence-electron chi connectivity index (χ2n) is 5.78. The van der Waals surface area contributed by atoms with Crippen LogP contribution in [0.2, 0.25) is 0 Å². The maximum absolute atomic E-state index is 9.55. The number of hydrogen-bond acceptors (Lipinski definition) is 6. The second kappa shape index (κ2) is 3.88. The summed E-state index contributed by atoms with van der Waals surface area (Å²) in [4.78, 5) is 0. The molecule has 3 heterocycles. The van der Waals surface area contributed by atoms with Crippen molar-refractivity contribution in [3.05, 3.63) is 0 Å². The molecule has 3 rings (SSSR count). The normalized spacial score (nSPS) is 51.4. The predicted octanol–water partition coefficient (Wildman–Crippen LogP) is 0.375. The van der Waals surface area contributed by atoms with Crippen molar-refractivity contribution < 1.29 is 30.2 Å². The molecule has 6 nitrogen and oxygen atoms in total. The van der Waals surface area contributed by atoms with Crippen LogP contribution in [0.5, 0.6) is 0 Å². The van der Waals surface area contributed by atoms with E-state index >= 15 is 0 Å². The topological polar surface area (TPSA) is 66.4 Å². The first-order chi connectivity index (χ1) is 8.69. The third-order valence-electron chi connectivity index (χ3n) is 3.34. The molecule has 3 saturated heterocycles. The Morgan fingerprint density at radius 1 is 0.944 bits per heavy atom. The van der Waals surface area contributed by atoms with Gasteiger partial charge in [0.2, 0.25) is 0 Å². The zero-order chi connectivity index (χ0) is 14.0. The molecular weight excluding hydrogens is 240 g/mol. The summed E-state index contributed by atoms with van der Waals surface area (Å²) in [6, 6.07) is 0. The maximum atomic E-state index is 9.55. The van der Waals surface area contributed by atoms with Crippen molar-refractivity contribution in [2.24, 2.45) is 0 Å². The summed E-state index contributed by atoms with van der Waals surface area (Å²) in [5, 5.41) is 9.55. The highest BCUT2D eigenvalue weighted by Crippen LogP contribution is 2.43. The van der Waals surface area contributed by atoms with Crippen LogP contribution in [0.25, 0.3) is 0 Å². The molecule has 0 aromatic heterocycles. The van der Waals surface area contributed by atoms with Gasteiger partial charge in [0, 0.05) is 0 Å². The Balaban J connectivity index is 1.89. The van der Waals surface area contributed by atoms with Gasteiger partial charge in [-0.15, -0.1) is 0 Å². The van der Waals surface area contributed by atoms with Crippen LogP contribution < -0.4 is 0 Å². The molecule has 6 heteroatoms. The van der Waals surface area contributed by atoms with Crippen molar-refractivity contribution in [2.45, 2.75) is 70.0 Å². The molecule has 3 fully saturated rings. The Morgan fingerprint density at radius 3 is 2.17 bits per heavy atom. The lowest BCUT2D eigenvalue weighted by atomic mass is 9.99. The molecule has 0 aromatic rings. The van der Waals surface area contributed by atoms with Gasteiger partial charge in [0.05, 0.1) is 7.95 Å². The van der Waals surface area contributed by atoms with Crippen molar-refractivity contribution >= 4 is 0 Å². The Labute approximate surface area is 108 Å². The standard InChI is InChI=1S/C12H20O6/c1-11(2)15-7-6(5-13)14-10-9(8(7)16-11)17-12(3,4)18-10/h6-10,13H,5H2,1-4H3/t6-,7+,8+,9-,10-/m1/s1/i5D/t5-,6-,7+,8+,9-,10-. The van der Waals surface area contributed by atoms with Crippen molar-refractivity contribution in [3.8, 4) is 0 Å². The number of rotatable bonds is 1. The lowest BCUT2D eigenvalue weighted by molar-refractivity contribution is -0.240. The molecule has 0 aromatic carbocycles. The first-order valence-corrected chi connectivity index (χ1v) is 6.16. The van der Waals surface area contributed by atoms with Crippen LogP contribution in [0.3, 0.4) is 0 Å². The minimum atomic E-state index is -1.42. The van der Waals surface area contributed by atoms with Gasteiger partial charge in [-0.1, -0.05) is 0 Å². The Morgan fingerprint density at radius 2 is 1.50 bits per heavy atom. The lowest BCUT2D eigenvalue weighted by Gasteiger charge is -2.36. The minimum Gasteiger partial charge on any atom is -0.394 e. The van der Waals surface area contributed by atoms with E-state index in [2.05, 4.69) is 0 Å². The Bertz CT molecular complexity index is 371. The Kier molecular flexibility index (Phi) is 2.49. The van der Waals surface area contributed by atoms with Crippen LogP contribution in [0.15, 0.2) is 0 Å². The van der Waals surface area contributed by atoms with Crippen LogP contribution in [0.1, 0.15) is 29.1 Å². The van der Waals surface area contributed by atoms with Crippen LogP contribution >= 0.6 is 0 Å². The third-order valence-corrected chi connectivity index (χ3v) is 3.34. The number of aliphatic hydroxyl groups excluding tert-OH is 1. The van der Waals surface area contributed by atoms with Crippen molar-refractivity contribution in [1.29, 1.82) is 0 Å². The largest absolute Gasteiger partial charge is 0.394 e. The van der Waals surface area contributed by atoms with Gasteiger partial charge < -0.3 is 28.8 Å². The van der Waals surface area contributed by atoms with E-state index in [0.29, 0.717) is 0 Å². The van der Waals surface area contributed by atoms with E-state index in [1.54, 1.807) is 27.7 Å². The molecule has 1 N–H and O–H groups in total. The van der Waals surface area contributed by atoms with Crippen molar-refractivity contribution in [2.75, 3.05) is 6.58 Å². The fraction of sp³-hybridized carbons (Fsp3) is 1.00. The third kappa shape index (κ3) is 1.97. The number of fused-ring (bicyclic) bond motifs is 3. The lowest BCUT2D eigenvalue weighted by Crippen LogP contribution is -2.56. The second-order valence-corrected chi connectivity index (χ2v) is 5.78. The maximum Gasteiger partial charge on any atom is 0.190 e. The quantitative estimate of drug-likeness (QED) is 0.736. The smallest absolute Gasteiger partial charge is 0.190 e. The van der Waals surface area contributed by atoms with Crippen LogP contribution in [0.4, 0.5) is 0 Å². The summed E-state index contributed by atoms with van der Waals surface area (Å²) in [7, 11) is 0. The number of aliphatic hydroxyl groups is 1. The molecule has 6 atom stereocenters. The number of ether oxygens (including phenoxy) is 5. The molecule has 104 valence electrons. The van der Waals surface area contributed by atoms with E-state index in [-0.39, 0.29) is 0 Å². The molecule has 0 unspecified atom stereocenters. The molecule has 0 bridgehead atoms. The average molecular weight is 261 g/mol. The predicted molar refractivity (Wildman–Crippen MR) is 59.6 cm³/mol. The molecule has 0 amide bonds. The van der Waals surface area contributed by atoms with Crippen molar-refractivity contribution in [3.63, 3.8) is 0 Å². The highest BCUT2D eigenvalue weighted by Gasteiger charge is 2.60. The highest BCUT2D eigenvalue weighted by molar-refractivity contribution is 4.99. The molecule has 18 heavy (non-hydrogen) atoms. The molecule has 0 saturated carbocycles. The molecule has 3 aliphatic rings. The van der Waals surface area contributed by atoms with Gasteiger partial charge in [-0.25, -0.2) is 0 Å². The Hall–Kier alpha value is -0.240. The van der Waals surface area contributed by atoms with Gasteiger partial charge >= 0.3 is 0 Å². The molecular formula is C12H20O6. The summed E-state index contributed by atoms with van der Waals surface area (Å²) in [5.41, 5.74) is 0. The first-order valence-electron chi connectivity index (χ1n) is 6.73. The van der Waals surface area contributed by atoms with E-state index in [4.69, 9.17) is 25.1 Å². The average Bonchev–Trinajstić information content (AvgIpc) is 2.70. The van der Waals surface area contributed by atoms with Gasteiger partial charge in [0.1, 0.15) is 24.4 Å². The van der Waals surface area contributed by atoms with Crippen LogP contribution in [-0.4, -0.2) is 54.0 Å². The summed E-state index contributed by atoms with van der Waals surface area (Å²) in [5.74, 6) is -1.57. The van der Waals surface area contributed by atoms with Gasteiger partial charge in [-0.2, -0.15) is 0 Å². The van der Waals surface area contributed by atoms with Gasteiger partial charge in [-0.3, -0.25) is 0 Å². The molecule has 0 spiro atoms. The summed E-state index contributed by atoms with van der Waals surface area (Å²) >= 11 is 0. The minimum absolute atomic E-state index is 0.416. The zero-order valence-corrected chi connectivity index (χ0v) is 11.0. The van der Waals surface area contributed by atoms with E-state index in [0.717, 1.165) is 0 Å². The fourth-order valence-electron chi connectivity index (χ4n) is 2.76. The SMILES string of the molecule is [2H][C@@H](O)[C@H]1O[C@@H]2OC(C)(C)O[C@@H]2[C@H]2OC(C)(C)O[C@H]21. The van der Waals surface area contributed by atoms with Gasteiger partial charge in [-0.05, 0) is 27.7 Å². The zero-order valence-electron chi connectivity index (χ0n) is 12.0. The number of hydrogen-bond donors (Lipinski definition) is 1. The van der Waals surface area contributed by atoms with Crippen molar-refractivity contribution in [1.82, 2.24) is 0 Å². The summed E-state index contributed by atoms with van der Waals surface area (Å²) in [6.07, 6.45) is -2.84. The van der Waals surface area contributed by atoms with Crippen LogP contribution in [0, 0.1) is 0 Å².